The molecular formula is C20H34N6O. The van der Waals surface area contributed by atoms with E-state index in [-0.39, 0.29) is 5.91 Å². The molecular weight excluding hydrogens is 340 g/mol. The average Bonchev–Trinajstić information content (AvgIpc) is 3.37. The molecule has 0 atom stereocenters. The Morgan fingerprint density at radius 3 is 2.67 bits per heavy atom. The molecule has 1 saturated heterocycles. The third-order valence-corrected chi connectivity index (χ3v) is 5.76. The van der Waals surface area contributed by atoms with E-state index in [9.17, 15) is 4.79 Å². The summed E-state index contributed by atoms with van der Waals surface area (Å²) in [4.78, 5) is 18.7. The summed E-state index contributed by atoms with van der Waals surface area (Å²) in [6, 6.07) is 2.68. The van der Waals surface area contributed by atoms with E-state index in [1.54, 1.807) is 7.05 Å². The third-order valence-electron chi connectivity index (χ3n) is 5.76. The van der Waals surface area contributed by atoms with Gasteiger partial charge in [-0.1, -0.05) is 12.8 Å². The summed E-state index contributed by atoms with van der Waals surface area (Å²) in [5, 5.41) is 10.9. The normalized spacial score (nSPS) is 19.5. The van der Waals surface area contributed by atoms with Gasteiger partial charge in [-0.25, -0.2) is 4.99 Å². The highest BCUT2D eigenvalue weighted by Gasteiger charge is 2.23. The van der Waals surface area contributed by atoms with E-state index in [0.717, 1.165) is 44.1 Å². The number of nitrogens with one attached hydrogen (secondary N) is 2. The fraction of sp³-hybridized carbons (Fsp3) is 0.750. The quantitative estimate of drug-likeness (QED) is 0.592. The summed E-state index contributed by atoms with van der Waals surface area (Å²) in [7, 11) is 1.71. The van der Waals surface area contributed by atoms with Crippen molar-refractivity contribution in [3.63, 3.8) is 0 Å². The molecule has 150 valence electrons. The van der Waals surface area contributed by atoms with Crippen LogP contribution in [0.1, 0.15) is 63.6 Å². The maximum atomic E-state index is 11.6. The molecule has 1 aromatic heterocycles. The second-order valence-electron chi connectivity index (χ2n) is 7.70. The van der Waals surface area contributed by atoms with Crippen LogP contribution in [0.25, 0.3) is 0 Å². The van der Waals surface area contributed by atoms with E-state index in [4.69, 9.17) is 10.1 Å². The summed E-state index contributed by atoms with van der Waals surface area (Å²) in [5.41, 5.74) is 1.03. The molecule has 2 fully saturated rings. The SMILES string of the molecule is CCNC(=NCc1ccn(C2CCCC2)n1)N1CCC(CC(=O)NC)CC1. The van der Waals surface area contributed by atoms with Gasteiger partial charge in [-0.15, -0.1) is 0 Å². The van der Waals surface area contributed by atoms with Crippen LogP contribution in [0.3, 0.4) is 0 Å². The van der Waals surface area contributed by atoms with Crippen LogP contribution in [-0.2, 0) is 11.3 Å². The van der Waals surface area contributed by atoms with Crippen molar-refractivity contribution < 1.29 is 4.79 Å². The second-order valence-corrected chi connectivity index (χ2v) is 7.70. The number of aliphatic imine (C=N–C) groups is 1. The molecule has 1 amide bonds. The molecule has 7 nitrogen and oxygen atoms in total. The molecule has 1 aliphatic carbocycles. The fourth-order valence-corrected chi connectivity index (χ4v) is 4.13. The standard InChI is InChI=1S/C20H34N6O/c1-3-22-20(25-11-8-16(9-12-25)14-19(27)21-2)23-15-17-10-13-26(24-17)18-6-4-5-7-18/h10,13,16,18H,3-9,11-12,14-15H2,1-2H3,(H,21,27)(H,22,23). The van der Waals surface area contributed by atoms with Crippen molar-refractivity contribution >= 4 is 11.9 Å². The van der Waals surface area contributed by atoms with Crippen molar-refractivity contribution in [1.29, 1.82) is 0 Å². The summed E-state index contributed by atoms with van der Waals surface area (Å²) in [6.07, 6.45) is 9.95. The van der Waals surface area contributed by atoms with Gasteiger partial charge in [0.1, 0.15) is 0 Å². The summed E-state index contributed by atoms with van der Waals surface area (Å²) in [5.74, 6) is 1.59. The van der Waals surface area contributed by atoms with Gasteiger partial charge in [0.25, 0.3) is 0 Å². The number of carbonyl (C=O) groups excluding carboxylic acids is 1. The number of rotatable bonds is 6. The van der Waals surface area contributed by atoms with Gasteiger partial charge in [-0.05, 0) is 44.6 Å². The van der Waals surface area contributed by atoms with E-state index in [2.05, 4.69) is 39.4 Å². The second kappa shape index (κ2) is 9.76. The summed E-state index contributed by atoms with van der Waals surface area (Å²) in [6.45, 7) is 5.46. The van der Waals surface area contributed by atoms with Gasteiger partial charge in [0, 0.05) is 39.3 Å². The van der Waals surface area contributed by atoms with Gasteiger partial charge < -0.3 is 15.5 Å². The molecule has 27 heavy (non-hydrogen) atoms. The van der Waals surface area contributed by atoms with Gasteiger partial charge in [0.15, 0.2) is 5.96 Å². The Morgan fingerprint density at radius 1 is 1.26 bits per heavy atom. The van der Waals surface area contributed by atoms with Crippen molar-refractivity contribution in [3.05, 3.63) is 18.0 Å². The van der Waals surface area contributed by atoms with E-state index in [1.165, 1.54) is 25.7 Å². The minimum Gasteiger partial charge on any atom is -0.359 e. The molecule has 2 N–H and O–H groups in total. The number of hydrogen-bond acceptors (Lipinski definition) is 3. The van der Waals surface area contributed by atoms with E-state index >= 15 is 0 Å². The lowest BCUT2D eigenvalue weighted by Crippen LogP contribution is -2.46. The molecule has 0 aromatic carbocycles. The first kappa shape index (κ1) is 19.7. The Balaban J connectivity index is 1.54. The lowest BCUT2D eigenvalue weighted by Gasteiger charge is -2.34. The number of hydrogen-bond donors (Lipinski definition) is 2. The maximum Gasteiger partial charge on any atom is 0.220 e. The summed E-state index contributed by atoms with van der Waals surface area (Å²) < 4.78 is 2.13. The van der Waals surface area contributed by atoms with Crippen LogP contribution >= 0.6 is 0 Å². The Kier molecular flexibility index (Phi) is 7.12. The predicted octanol–water partition coefficient (Wildman–Crippen LogP) is 2.31. The number of guanidine groups is 1. The highest BCUT2D eigenvalue weighted by molar-refractivity contribution is 5.80. The van der Waals surface area contributed by atoms with Crippen molar-refractivity contribution in [3.8, 4) is 0 Å². The molecule has 2 heterocycles. The fourth-order valence-electron chi connectivity index (χ4n) is 4.13. The number of carbonyl (C=O) groups is 1. The first-order chi connectivity index (χ1) is 13.2. The van der Waals surface area contributed by atoms with Crippen LogP contribution in [0.2, 0.25) is 0 Å². The number of nitrogens with zero attached hydrogens (tertiary/aromatic N) is 4. The van der Waals surface area contributed by atoms with Crippen LogP contribution in [0.15, 0.2) is 17.3 Å². The molecule has 1 aromatic rings. The largest absolute Gasteiger partial charge is 0.359 e. The summed E-state index contributed by atoms with van der Waals surface area (Å²) >= 11 is 0. The lowest BCUT2D eigenvalue weighted by molar-refractivity contribution is -0.121. The zero-order valence-electron chi connectivity index (χ0n) is 16.8. The number of aromatic nitrogens is 2. The highest BCUT2D eigenvalue weighted by Crippen LogP contribution is 2.28. The van der Waals surface area contributed by atoms with Crippen molar-refractivity contribution in [2.24, 2.45) is 10.9 Å². The van der Waals surface area contributed by atoms with Gasteiger partial charge in [0.05, 0.1) is 18.3 Å². The Labute approximate surface area is 162 Å². The van der Waals surface area contributed by atoms with E-state index < -0.39 is 0 Å². The average molecular weight is 375 g/mol. The number of likely N-dealkylation sites (tertiary alicyclic amines) is 1. The molecule has 1 saturated carbocycles. The first-order valence-electron chi connectivity index (χ1n) is 10.5. The first-order valence-corrected chi connectivity index (χ1v) is 10.5. The number of piperidine rings is 1. The van der Waals surface area contributed by atoms with E-state index in [0.29, 0.717) is 24.9 Å². The third kappa shape index (κ3) is 5.47. The number of amides is 1. The van der Waals surface area contributed by atoms with Crippen LogP contribution in [-0.4, -0.2) is 53.2 Å². The van der Waals surface area contributed by atoms with Gasteiger partial charge in [0.2, 0.25) is 5.91 Å². The molecule has 2 aliphatic rings. The zero-order valence-corrected chi connectivity index (χ0v) is 16.8. The van der Waals surface area contributed by atoms with Crippen molar-refractivity contribution in [1.82, 2.24) is 25.3 Å². The molecule has 0 spiro atoms. The van der Waals surface area contributed by atoms with E-state index in [1.807, 2.05) is 0 Å². The molecule has 0 bridgehead atoms. The van der Waals surface area contributed by atoms with Gasteiger partial charge >= 0.3 is 0 Å². The minimum atomic E-state index is 0.145. The lowest BCUT2D eigenvalue weighted by atomic mass is 9.93. The Bertz CT molecular complexity index is 626. The van der Waals surface area contributed by atoms with Crippen molar-refractivity contribution in [2.75, 3.05) is 26.7 Å². The highest BCUT2D eigenvalue weighted by atomic mass is 16.1. The van der Waals surface area contributed by atoms with Crippen LogP contribution in [0.5, 0.6) is 0 Å². The predicted molar refractivity (Wildman–Crippen MR) is 108 cm³/mol. The molecule has 0 radical (unpaired) electrons. The monoisotopic (exact) mass is 374 g/mol. The molecule has 1 aliphatic heterocycles. The maximum absolute atomic E-state index is 11.6. The minimum absolute atomic E-state index is 0.145. The molecule has 0 unspecified atom stereocenters. The topological polar surface area (TPSA) is 74.5 Å². The van der Waals surface area contributed by atoms with Crippen molar-refractivity contribution in [2.45, 2.75) is 64.5 Å². The zero-order chi connectivity index (χ0) is 19.1. The van der Waals surface area contributed by atoms with Gasteiger partial charge in [-0.3, -0.25) is 9.48 Å². The molecule has 3 rings (SSSR count). The smallest absolute Gasteiger partial charge is 0.220 e. The van der Waals surface area contributed by atoms with Gasteiger partial charge in [-0.2, -0.15) is 5.10 Å². The van der Waals surface area contributed by atoms with Crippen LogP contribution in [0.4, 0.5) is 0 Å². The van der Waals surface area contributed by atoms with Crippen LogP contribution < -0.4 is 10.6 Å². The Morgan fingerprint density at radius 2 is 2.00 bits per heavy atom. The van der Waals surface area contributed by atoms with Crippen LogP contribution in [0, 0.1) is 5.92 Å². The molecule has 7 heteroatoms. The Hall–Kier alpha value is -2.05.